The van der Waals surface area contributed by atoms with Gasteiger partial charge in [0, 0.05) is 37.0 Å². The molecule has 2 N–H and O–H groups in total. The molecule has 0 atom stereocenters. The van der Waals surface area contributed by atoms with E-state index in [-0.39, 0.29) is 15.5 Å². The fourth-order valence-corrected chi connectivity index (χ4v) is 8.08. The number of anilines is 1. The third-order valence-electron chi connectivity index (χ3n) is 7.59. The average Bonchev–Trinajstić information content (AvgIpc) is 2.87. The van der Waals surface area contributed by atoms with E-state index < -0.39 is 20.0 Å². The molecule has 194 valence electrons. The molecule has 0 amide bonds. The Kier molecular flexibility index (Phi) is 6.71. The summed E-state index contributed by atoms with van der Waals surface area (Å²) in [6.07, 6.45) is 3.26. The molecule has 0 aliphatic carbocycles. The van der Waals surface area contributed by atoms with Crippen molar-refractivity contribution in [3.63, 3.8) is 0 Å². The molecular formula is C25H32N4O5S2. The molecule has 0 bridgehead atoms. The summed E-state index contributed by atoms with van der Waals surface area (Å²) in [5.74, 6) is 0.986. The number of pyridine rings is 1. The quantitative estimate of drug-likeness (QED) is 0.376. The van der Waals surface area contributed by atoms with E-state index in [0.717, 1.165) is 25.7 Å². The lowest BCUT2D eigenvalue weighted by molar-refractivity contribution is 0.287. The molecular weight excluding hydrogens is 500 g/mol. The summed E-state index contributed by atoms with van der Waals surface area (Å²) >= 11 is 0. The van der Waals surface area contributed by atoms with Crippen LogP contribution in [-0.2, 0) is 20.0 Å². The van der Waals surface area contributed by atoms with Crippen molar-refractivity contribution < 1.29 is 22.0 Å². The lowest BCUT2D eigenvalue weighted by atomic mass is 10.0. The molecule has 2 aliphatic heterocycles. The molecule has 2 saturated heterocycles. The summed E-state index contributed by atoms with van der Waals surface area (Å²) in [7, 11) is -7.42. The van der Waals surface area contributed by atoms with Gasteiger partial charge in [0.15, 0.2) is 0 Å². The lowest BCUT2D eigenvalue weighted by Crippen LogP contribution is -2.37. The van der Waals surface area contributed by atoms with Gasteiger partial charge in [0.05, 0.1) is 26.5 Å². The summed E-state index contributed by atoms with van der Waals surface area (Å²) in [5, 5.41) is 10.9. The Morgan fingerprint density at radius 2 is 1.14 bits per heavy atom. The zero-order chi connectivity index (χ0) is 25.7. The van der Waals surface area contributed by atoms with Crippen LogP contribution in [0.1, 0.15) is 39.5 Å². The van der Waals surface area contributed by atoms with Crippen LogP contribution in [0, 0.1) is 11.8 Å². The molecule has 2 fully saturated rings. The second kappa shape index (κ2) is 9.53. The Morgan fingerprint density at radius 3 is 1.50 bits per heavy atom. The smallest absolute Gasteiger partial charge is 0.243 e. The number of hydrogen-bond acceptors (Lipinski definition) is 7. The number of piperidine rings is 2. The van der Waals surface area contributed by atoms with Gasteiger partial charge in [-0.3, -0.25) is 10.7 Å². The van der Waals surface area contributed by atoms with E-state index in [1.54, 1.807) is 12.1 Å². The van der Waals surface area contributed by atoms with Crippen LogP contribution < -0.4 is 5.48 Å². The Morgan fingerprint density at radius 1 is 0.750 bits per heavy atom. The van der Waals surface area contributed by atoms with E-state index in [9.17, 15) is 22.0 Å². The normalized spacial score (nSPS) is 19.8. The first-order chi connectivity index (χ1) is 17.1. The fraction of sp³-hybridized carbons (Fsp3) is 0.480. The molecule has 0 radical (unpaired) electrons. The predicted molar refractivity (Wildman–Crippen MR) is 139 cm³/mol. The largest absolute Gasteiger partial charge is 0.291 e. The van der Waals surface area contributed by atoms with Crippen molar-refractivity contribution in [2.24, 2.45) is 11.8 Å². The molecule has 36 heavy (non-hydrogen) atoms. The van der Waals surface area contributed by atoms with Gasteiger partial charge in [0.2, 0.25) is 20.0 Å². The van der Waals surface area contributed by atoms with Crippen molar-refractivity contribution in [1.29, 1.82) is 0 Å². The van der Waals surface area contributed by atoms with Crippen LogP contribution in [0.25, 0.3) is 21.8 Å². The standard InChI is InChI=1S/C25H32N4O5S2/c1-17-7-11-28(12-8-17)35(31,32)19-3-5-23-21(15-19)25(27-30)22-16-20(4-6-24(22)26-23)36(33,34)29-13-9-18(2)10-14-29/h3-6,15-18,30H,7-14H2,1-2H3,(H,26,27). The fourth-order valence-electron chi connectivity index (χ4n) is 5.09. The highest BCUT2D eigenvalue weighted by Crippen LogP contribution is 2.35. The maximum atomic E-state index is 13.3. The van der Waals surface area contributed by atoms with Gasteiger partial charge in [-0.25, -0.2) is 21.8 Å². The summed E-state index contributed by atoms with van der Waals surface area (Å²) < 4.78 is 56.3. The highest BCUT2D eigenvalue weighted by atomic mass is 32.2. The SMILES string of the molecule is CC1CCN(S(=O)(=O)c2ccc3nc4ccc(S(=O)(=O)N5CCC(C)CC5)cc4c(NO)c3c2)CC1. The van der Waals surface area contributed by atoms with E-state index in [2.05, 4.69) is 24.3 Å². The van der Waals surface area contributed by atoms with Crippen LogP contribution in [0.3, 0.4) is 0 Å². The Labute approximate surface area is 212 Å². The molecule has 2 aromatic carbocycles. The second-order valence-electron chi connectivity index (χ2n) is 10.1. The van der Waals surface area contributed by atoms with Gasteiger partial charge in [-0.15, -0.1) is 0 Å². The number of aromatic nitrogens is 1. The molecule has 11 heteroatoms. The highest BCUT2D eigenvalue weighted by molar-refractivity contribution is 7.89. The molecule has 5 rings (SSSR count). The topological polar surface area (TPSA) is 120 Å². The Hall–Kier alpha value is -2.31. The summed E-state index contributed by atoms with van der Waals surface area (Å²) in [6.45, 7) is 6.13. The summed E-state index contributed by atoms with van der Waals surface area (Å²) in [4.78, 5) is 4.85. The van der Waals surface area contributed by atoms with Crippen LogP contribution in [-0.4, -0.2) is 61.8 Å². The molecule has 1 aromatic heterocycles. The summed E-state index contributed by atoms with van der Waals surface area (Å²) in [5.41, 5.74) is 3.39. The number of benzene rings is 2. The van der Waals surface area contributed by atoms with Crippen LogP contribution in [0.2, 0.25) is 0 Å². The molecule has 0 saturated carbocycles. The number of rotatable bonds is 5. The number of nitrogens with one attached hydrogen (secondary N) is 1. The maximum Gasteiger partial charge on any atom is 0.243 e. The number of nitrogens with zero attached hydrogens (tertiary/aromatic N) is 3. The van der Waals surface area contributed by atoms with Gasteiger partial charge in [0.25, 0.3) is 0 Å². The van der Waals surface area contributed by atoms with Crippen molar-refractivity contribution in [3.8, 4) is 0 Å². The van der Waals surface area contributed by atoms with Gasteiger partial charge < -0.3 is 0 Å². The van der Waals surface area contributed by atoms with Crippen molar-refractivity contribution in [3.05, 3.63) is 36.4 Å². The number of sulfonamides is 2. The third kappa shape index (κ3) is 4.47. The first kappa shape index (κ1) is 25.3. The van der Waals surface area contributed by atoms with E-state index in [4.69, 9.17) is 0 Å². The first-order valence-corrected chi connectivity index (χ1v) is 15.3. The zero-order valence-electron chi connectivity index (χ0n) is 20.5. The van der Waals surface area contributed by atoms with Crippen molar-refractivity contribution >= 4 is 47.5 Å². The minimum atomic E-state index is -3.71. The van der Waals surface area contributed by atoms with Gasteiger partial charge in [0.1, 0.15) is 0 Å². The molecule has 0 unspecified atom stereocenters. The van der Waals surface area contributed by atoms with Gasteiger partial charge in [-0.05, 0) is 73.9 Å². The van der Waals surface area contributed by atoms with Crippen LogP contribution in [0.4, 0.5) is 5.69 Å². The molecule has 3 aromatic rings. The lowest BCUT2D eigenvalue weighted by Gasteiger charge is -2.29. The van der Waals surface area contributed by atoms with E-state index in [1.165, 1.54) is 32.9 Å². The first-order valence-electron chi connectivity index (χ1n) is 12.4. The predicted octanol–water partition coefficient (Wildman–Crippen LogP) is 4.03. The molecule has 3 heterocycles. The highest BCUT2D eigenvalue weighted by Gasteiger charge is 2.30. The van der Waals surface area contributed by atoms with Crippen molar-refractivity contribution in [2.75, 3.05) is 31.7 Å². The van der Waals surface area contributed by atoms with E-state index >= 15 is 0 Å². The Balaban J connectivity index is 1.59. The van der Waals surface area contributed by atoms with Gasteiger partial charge >= 0.3 is 0 Å². The number of hydrogen-bond donors (Lipinski definition) is 2. The van der Waals surface area contributed by atoms with Crippen LogP contribution >= 0.6 is 0 Å². The van der Waals surface area contributed by atoms with Gasteiger partial charge in [-0.1, -0.05) is 13.8 Å². The molecule has 0 spiro atoms. The minimum absolute atomic E-state index is 0.119. The maximum absolute atomic E-state index is 13.3. The average molecular weight is 533 g/mol. The molecule has 9 nitrogen and oxygen atoms in total. The zero-order valence-corrected chi connectivity index (χ0v) is 22.1. The summed E-state index contributed by atoms with van der Waals surface area (Å²) in [6, 6.07) is 9.31. The second-order valence-corrected chi connectivity index (χ2v) is 14.0. The third-order valence-corrected chi connectivity index (χ3v) is 11.4. The van der Waals surface area contributed by atoms with E-state index in [0.29, 0.717) is 59.8 Å². The molecule has 2 aliphatic rings. The number of fused-ring (bicyclic) bond motifs is 2. The van der Waals surface area contributed by atoms with Crippen LogP contribution in [0.15, 0.2) is 46.2 Å². The van der Waals surface area contributed by atoms with Crippen LogP contribution in [0.5, 0.6) is 0 Å². The van der Waals surface area contributed by atoms with Crippen molar-refractivity contribution in [1.82, 2.24) is 13.6 Å². The monoisotopic (exact) mass is 532 g/mol. The van der Waals surface area contributed by atoms with Gasteiger partial charge in [-0.2, -0.15) is 8.61 Å². The van der Waals surface area contributed by atoms with E-state index in [1.807, 2.05) is 0 Å². The van der Waals surface area contributed by atoms with Crippen molar-refractivity contribution in [2.45, 2.75) is 49.3 Å². The minimum Gasteiger partial charge on any atom is -0.291 e. The Bertz CT molecular complexity index is 1400.